The number of ether oxygens (including phenoxy) is 7. The van der Waals surface area contributed by atoms with Crippen LogP contribution < -0.4 is 51.4 Å². The molecule has 0 rings (SSSR count). The predicted octanol–water partition coefficient (Wildman–Crippen LogP) is 6.47. The van der Waals surface area contributed by atoms with Gasteiger partial charge in [0.1, 0.15) is 6.61 Å². The Bertz CT molecular complexity index is 1400. The Morgan fingerprint density at radius 3 is 1.41 bits per heavy atom. The van der Waals surface area contributed by atoms with Crippen molar-refractivity contribution in [3.8, 4) is 0 Å². The van der Waals surface area contributed by atoms with Gasteiger partial charge in [0.15, 0.2) is 10.0 Å². The van der Waals surface area contributed by atoms with Crippen LogP contribution in [-0.4, -0.2) is 141 Å². The van der Waals surface area contributed by atoms with Crippen LogP contribution in [0, 0.1) is 28.6 Å². The number of carbonyl (C=O) groups is 4. The van der Waals surface area contributed by atoms with Gasteiger partial charge >= 0.3 is 83.6 Å². The molecule has 0 bridgehead atoms. The number of halogens is 3. The topological polar surface area (TPSA) is 209 Å². The molecular weight excluding hydrogens is 979 g/mol. The minimum Gasteiger partial charge on any atom is -0.538 e. The number of alkyl halides is 3. The zero-order chi connectivity index (χ0) is 53.5. The molecular formula is C46H91F3KNO16SSi. The summed E-state index contributed by atoms with van der Waals surface area (Å²) in [6.45, 7) is 27.0. The van der Waals surface area contributed by atoms with Gasteiger partial charge in [-0.2, -0.15) is 13.2 Å². The molecule has 0 aromatic heterocycles. The Hall–Kier alpha value is -0.807. The van der Waals surface area contributed by atoms with Gasteiger partial charge in [-0.1, -0.05) is 88.5 Å². The average Bonchev–Trinajstić information content (AvgIpc) is 3.31. The van der Waals surface area contributed by atoms with E-state index in [4.69, 9.17) is 46.4 Å². The van der Waals surface area contributed by atoms with E-state index in [0.717, 1.165) is 25.7 Å². The number of esters is 3. The maximum Gasteiger partial charge on any atom is 1.00 e. The SMILES string of the molecule is CCC(C)(C)C(=O)OCCC[Si](OC)(OC)OC.CCC(C)(C)C(=O)[N-]S(=O)(=O)C(F)(F)F.CCC(C)C(=O)OCCOCCOCCOCCOC.CCCCC(CC)COC(=O)C(C)CC.[K+]. The second-order valence-electron chi connectivity index (χ2n) is 17.0. The summed E-state index contributed by atoms with van der Waals surface area (Å²) in [6.07, 6.45) is 8.03. The molecule has 69 heavy (non-hydrogen) atoms. The number of methoxy groups -OCH3 is 1. The van der Waals surface area contributed by atoms with Crippen LogP contribution in [0.3, 0.4) is 0 Å². The maximum absolute atomic E-state index is 11.9. The minimum atomic E-state index is -5.71. The predicted molar refractivity (Wildman–Crippen MR) is 257 cm³/mol. The number of hydrogen-bond acceptors (Lipinski definition) is 16. The number of unbranched alkanes of at least 4 members (excludes halogenated alkanes) is 1. The van der Waals surface area contributed by atoms with Crippen molar-refractivity contribution in [3.05, 3.63) is 4.72 Å². The van der Waals surface area contributed by atoms with E-state index in [0.29, 0.717) is 84.5 Å². The second-order valence-corrected chi connectivity index (χ2v) is 21.7. The molecule has 23 heteroatoms. The molecule has 0 aliphatic rings. The van der Waals surface area contributed by atoms with Gasteiger partial charge in [0.05, 0.1) is 82.6 Å². The number of nitrogens with zero attached hydrogens (tertiary/aromatic N) is 1. The molecule has 1 amide bonds. The van der Waals surface area contributed by atoms with Crippen molar-refractivity contribution in [2.75, 3.05) is 94.5 Å². The molecule has 0 heterocycles. The van der Waals surface area contributed by atoms with Crippen LogP contribution in [0.1, 0.15) is 141 Å². The molecule has 0 radical (unpaired) electrons. The number of sulfonamides is 1. The van der Waals surface area contributed by atoms with E-state index >= 15 is 0 Å². The summed E-state index contributed by atoms with van der Waals surface area (Å²) in [7, 11) is -1.89. The van der Waals surface area contributed by atoms with E-state index in [2.05, 4.69) is 18.6 Å². The summed E-state index contributed by atoms with van der Waals surface area (Å²) in [6, 6.07) is 0.635. The van der Waals surface area contributed by atoms with Crippen molar-refractivity contribution in [2.24, 2.45) is 28.6 Å². The minimum absolute atomic E-state index is 0. The van der Waals surface area contributed by atoms with E-state index in [1.807, 2.05) is 48.5 Å². The van der Waals surface area contributed by atoms with Crippen LogP contribution in [0.5, 0.6) is 0 Å². The summed E-state index contributed by atoms with van der Waals surface area (Å²) in [5.41, 5.74) is -7.15. The monoisotopic (exact) mass is 1070 g/mol. The van der Waals surface area contributed by atoms with Crippen LogP contribution in [-0.2, 0) is 75.6 Å². The summed E-state index contributed by atoms with van der Waals surface area (Å²) < 4.78 is 111. The van der Waals surface area contributed by atoms with Crippen molar-refractivity contribution in [1.29, 1.82) is 0 Å². The maximum atomic E-state index is 11.9. The zero-order valence-corrected chi connectivity index (χ0v) is 50.3. The van der Waals surface area contributed by atoms with Crippen molar-refractivity contribution < 1.29 is 139 Å². The van der Waals surface area contributed by atoms with E-state index in [9.17, 15) is 40.8 Å². The van der Waals surface area contributed by atoms with Gasteiger partial charge < -0.3 is 56.0 Å². The van der Waals surface area contributed by atoms with Crippen molar-refractivity contribution >= 4 is 42.6 Å². The molecule has 0 aromatic rings. The first-order chi connectivity index (χ1) is 31.7. The first-order valence-corrected chi connectivity index (χ1v) is 27.0. The third-order valence-corrected chi connectivity index (χ3v) is 14.7. The Morgan fingerprint density at radius 2 is 1.03 bits per heavy atom. The van der Waals surface area contributed by atoms with Crippen LogP contribution in [0.4, 0.5) is 13.2 Å². The largest absolute Gasteiger partial charge is 1.00 e. The molecule has 0 aliphatic carbocycles. The molecule has 0 aromatic carbocycles. The fourth-order valence-electron chi connectivity index (χ4n) is 4.39. The van der Waals surface area contributed by atoms with Gasteiger partial charge in [-0.3, -0.25) is 14.4 Å². The molecule has 0 fully saturated rings. The van der Waals surface area contributed by atoms with E-state index in [-0.39, 0.29) is 87.5 Å². The number of rotatable bonds is 34. The standard InChI is InChI=1S/C14H28O6.C13H26O2.C12H26O5Si.C7H12F3NO3S.K/c1-4-13(2)14(15)20-12-11-19-10-9-18-8-7-17-6-5-16-3;1-5-8-9-12(7-3)10-15-13(14)11(4)6-2;1-7-12(2,3)11(13)17-9-8-10-18(14-4,15-5)16-6;1-4-6(2,3)5(12)11-15(13,14)7(8,9)10;/h13H,4-12H2,1-3H3;11-12H,5-10H2,1-4H3;7-10H2,1-6H3;4H2,1-3H3,(H,11,12);/q;;;;+1/p-1. The summed E-state index contributed by atoms with van der Waals surface area (Å²) in [5.74, 6) is -1.09. The average molecular weight is 1070 g/mol. The first kappa shape index (κ1) is 77.1. The molecule has 0 saturated heterocycles. The van der Waals surface area contributed by atoms with Crippen LogP contribution in [0.15, 0.2) is 0 Å². The van der Waals surface area contributed by atoms with Crippen molar-refractivity contribution in [1.82, 2.24) is 0 Å². The molecule has 0 spiro atoms. The Kier molecular flexibility index (Phi) is 49.9. The molecule has 17 nitrogen and oxygen atoms in total. The number of hydrogen-bond donors (Lipinski definition) is 0. The van der Waals surface area contributed by atoms with E-state index < -0.39 is 41.1 Å². The van der Waals surface area contributed by atoms with E-state index in [1.165, 1.54) is 33.1 Å². The van der Waals surface area contributed by atoms with Gasteiger partial charge in [-0.15, -0.1) is 0 Å². The van der Waals surface area contributed by atoms with Gasteiger partial charge in [0.2, 0.25) is 0 Å². The Balaban J connectivity index is -0.000000264. The second kappa shape index (κ2) is 44.7. The first-order valence-electron chi connectivity index (χ1n) is 23.6. The molecule has 3 atom stereocenters. The van der Waals surface area contributed by atoms with Crippen molar-refractivity contribution in [3.63, 3.8) is 0 Å². The summed E-state index contributed by atoms with van der Waals surface area (Å²) in [4.78, 5) is 45.6. The van der Waals surface area contributed by atoms with Gasteiger partial charge in [-0.05, 0) is 58.3 Å². The molecule has 3 unspecified atom stereocenters. The van der Waals surface area contributed by atoms with E-state index in [1.54, 1.807) is 35.4 Å². The Morgan fingerprint density at radius 1 is 0.594 bits per heavy atom. The van der Waals surface area contributed by atoms with Gasteiger partial charge in [0.25, 0.3) is 0 Å². The van der Waals surface area contributed by atoms with Gasteiger partial charge in [0, 0.05) is 39.9 Å². The quantitative estimate of drug-likeness (QED) is 0.0293. The fourth-order valence-corrected chi connectivity index (χ4v) is 6.65. The zero-order valence-electron chi connectivity index (χ0n) is 45.4. The summed E-state index contributed by atoms with van der Waals surface area (Å²) in [5, 5.41) is 0. The molecule has 0 aliphatic heterocycles. The smallest absolute Gasteiger partial charge is 0.538 e. The Labute approximate surface area is 457 Å². The van der Waals surface area contributed by atoms with Crippen LogP contribution in [0.2, 0.25) is 6.04 Å². The molecule has 0 saturated carbocycles. The summed E-state index contributed by atoms with van der Waals surface area (Å²) >= 11 is 0. The molecule has 408 valence electrons. The number of amides is 1. The normalized spacial score (nSPS) is 13.0. The van der Waals surface area contributed by atoms with Crippen LogP contribution >= 0.6 is 0 Å². The van der Waals surface area contributed by atoms with Crippen LogP contribution in [0.25, 0.3) is 4.72 Å². The number of carbonyl (C=O) groups excluding carboxylic acids is 4. The van der Waals surface area contributed by atoms with Gasteiger partial charge in [-0.25, -0.2) is 8.42 Å². The third-order valence-electron chi connectivity index (χ3n) is 10.9. The third kappa shape index (κ3) is 39.3. The fraction of sp³-hybridized carbons (Fsp3) is 0.913. The molecule has 0 N–H and O–H groups in total. The van der Waals surface area contributed by atoms with Crippen molar-refractivity contribution in [2.45, 2.75) is 152 Å².